The minimum Gasteiger partial charge on any atom is -0.370 e. The molecule has 0 radical (unpaired) electrons. The lowest BCUT2D eigenvalue weighted by Gasteiger charge is -2.27. The summed E-state index contributed by atoms with van der Waals surface area (Å²) < 4.78 is 0. The molecule has 0 aromatic heterocycles. The third kappa shape index (κ3) is 7.00. The standard InChI is InChI=1S/C23H28Cl2N10/c1-14-12-28-21(34-22(30-14)32-18-7-3-16(24)4-8-18)29-13-35(19-9-5-17(25)6-10-19)23-31-15(2)11-27-20(26)33-23/h3-10,14-15H,11-13H2,1-2H3,(H3,26,27,31,33)(H3,28,29,30,32,34). The van der Waals surface area contributed by atoms with Gasteiger partial charge in [0.2, 0.25) is 11.9 Å². The Morgan fingerprint density at radius 3 is 2.23 bits per heavy atom. The van der Waals surface area contributed by atoms with Gasteiger partial charge in [0.05, 0.1) is 31.8 Å². The molecule has 0 amide bonds. The van der Waals surface area contributed by atoms with Crippen LogP contribution in [0, 0.1) is 0 Å². The minimum absolute atomic E-state index is 0.00581. The monoisotopic (exact) mass is 514 g/mol. The van der Waals surface area contributed by atoms with Crippen LogP contribution in [0.15, 0.2) is 68.5 Å². The van der Waals surface area contributed by atoms with E-state index in [-0.39, 0.29) is 12.1 Å². The summed E-state index contributed by atoms with van der Waals surface area (Å²) >= 11 is 12.1. The number of aliphatic imine (C=N–C) groups is 4. The number of nitrogens with two attached hydrogens (primary N) is 1. The number of guanidine groups is 4. The van der Waals surface area contributed by atoms with Crippen molar-refractivity contribution in [1.82, 2.24) is 16.0 Å². The quantitative estimate of drug-likeness (QED) is 0.399. The molecule has 0 saturated heterocycles. The Kier molecular flexibility index (Phi) is 7.94. The second-order valence-corrected chi connectivity index (χ2v) is 9.04. The fourth-order valence-corrected chi connectivity index (χ4v) is 3.62. The summed E-state index contributed by atoms with van der Waals surface area (Å²) in [5.74, 6) is 2.03. The zero-order valence-electron chi connectivity index (χ0n) is 19.5. The van der Waals surface area contributed by atoms with Gasteiger partial charge in [-0.3, -0.25) is 25.5 Å². The first kappa shape index (κ1) is 24.6. The molecule has 2 heterocycles. The molecule has 2 atom stereocenters. The first-order valence-corrected chi connectivity index (χ1v) is 11.9. The van der Waals surface area contributed by atoms with E-state index in [1.54, 1.807) is 0 Å². The Morgan fingerprint density at radius 2 is 1.51 bits per heavy atom. The van der Waals surface area contributed by atoms with Crippen LogP contribution in [-0.2, 0) is 0 Å². The summed E-state index contributed by atoms with van der Waals surface area (Å²) in [5.41, 5.74) is 7.75. The summed E-state index contributed by atoms with van der Waals surface area (Å²) in [6, 6.07) is 14.8. The van der Waals surface area contributed by atoms with E-state index in [2.05, 4.69) is 36.2 Å². The fraction of sp³-hybridized carbons (Fsp3) is 0.304. The van der Waals surface area contributed by atoms with Gasteiger partial charge < -0.3 is 16.4 Å². The molecule has 6 N–H and O–H groups in total. The zero-order valence-corrected chi connectivity index (χ0v) is 21.0. The van der Waals surface area contributed by atoms with Gasteiger partial charge in [-0.1, -0.05) is 23.2 Å². The predicted octanol–water partition coefficient (Wildman–Crippen LogP) is 2.83. The minimum atomic E-state index is -0.0372. The Labute approximate surface area is 214 Å². The number of nitrogens with zero attached hydrogens (tertiary/aromatic N) is 5. The van der Waals surface area contributed by atoms with E-state index in [0.29, 0.717) is 53.6 Å². The first-order chi connectivity index (χ1) is 16.9. The molecule has 0 saturated carbocycles. The number of nitrogens with one attached hydrogen (secondary N) is 4. The van der Waals surface area contributed by atoms with Gasteiger partial charge in [-0.15, -0.1) is 0 Å². The van der Waals surface area contributed by atoms with Gasteiger partial charge >= 0.3 is 0 Å². The normalized spacial score (nSPS) is 20.0. The highest BCUT2D eigenvalue weighted by atomic mass is 35.5. The van der Waals surface area contributed by atoms with Crippen LogP contribution in [0.2, 0.25) is 10.0 Å². The third-order valence-corrected chi connectivity index (χ3v) is 5.62. The molecular weight excluding hydrogens is 487 g/mol. The maximum absolute atomic E-state index is 6.12. The second kappa shape index (κ2) is 11.3. The molecule has 35 heavy (non-hydrogen) atoms. The van der Waals surface area contributed by atoms with Crippen molar-refractivity contribution in [3.8, 4) is 0 Å². The van der Waals surface area contributed by atoms with Crippen molar-refractivity contribution in [2.45, 2.75) is 25.9 Å². The van der Waals surface area contributed by atoms with Crippen LogP contribution in [0.1, 0.15) is 13.8 Å². The molecule has 12 heteroatoms. The second-order valence-electron chi connectivity index (χ2n) is 8.16. The largest absolute Gasteiger partial charge is 0.370 e. The summed E-state index contributed by atoms with van der Waals surface area (Å²) in [7, 11) is 0. The lowest BCUT2D eigenvalue weighted by molar-refractivity contribution is 0.749. The Hall–Kier alpha value is -3.50. The zero-order chi connectivity index (χ0) is 24.8. The molecule has 184 valence electrons. The number of hydrogen-bond acceptors (Lipinski definition) is 10. The van der Waals surface area contributed by atoms with Gasteiger partial charge in [0.1, 0.15) is 0 Å². The maximum atomic E-state index is 6.12. The number of hydrogen-bond donors (Lipinski definition) is 5. The number of rotatable bonds is 4. The number of anilines is 2. The number of benzene rings is 2. The van der Waals surface area contributed by atoms with E-state index >= 15 is 0 Å². The number of halogens is 2. The van der Waals surface area contributed by atoms with Crippen LogP contribution in [0.5, 0.6) is 0 Å². The highest BCUT2D eigenvalue weighted by Gasteiger charge is 2.20. The van der Waals surface area contributed by atoms with E-state index in [9.17, 15) is 0 Å². The van der Waals surface area contributed by atoms with E-state index in [0.717, 1.165) is 11.4 Å². The summed E-state index contributed by atoms with van der Waals surface area (Å²) in [4.78, 5) is 20.3. The van der Waals surface area contributed by atoms with Crippen molar-refractivity contribution in [3.05, 3.63) is 58.6 Å². The Morgan fingerprint density at radius 1 is 0.886 bits per heavy atom. The molecule has 2 aromatic carbocycles. The van der Waals surface area contributed by atoms with Crippen molar-refractivity contribution in [2.75, 3.05) is 30.0 Å². The van der Waals surface area contributed by atoms with Gasteiger partial charge in [-0.2, -0.15) is 0 Å². The molecule has 0 bridgehead atoms. The fourth-order valence-electron chi connectivity index (χ4n) is 3.37. The molecule has 4 rings (SSSR count). The van der Waals surface area contributed by atoms with Crippen molar-refractivity contribution in [1.29, 1.82) is 0 Å². The molecule has 10 nitrogen and oxygen atoms in total. The van der Waals surface area contributed by atoms with E-state index in [4.69, 9.17) is 33.9 Å². The van der Waals surface area contributed by atoms with Crippen molar-refractivity contribution in [2.24, 2.45) is 25.7 Å². The Balaban J connectivity index is 1.52. The molecule has 2 aliphatic rings. The van der Waals surface area contributed by atoms with E-state index < -0.39 is 0 Å². The van der Waals surface area contributed by atoms with Crippen LogP contribution in [-0.4, -0.2) is 55.7 Å². The van der Waals surface area contributed by atoms with Crippen LogP contribution in [0.25, 0.3) is 0 Å². The molecule has 0 fully saturated rings. The summed E-state index contributed by atoms with van der Waals surface area (Å²) in [6.45, 7) is 5.36. The third-order valence-electron chi connectivity index (χ3n) is 5.11. The summed E-state index contributed by atoms with van der Waals surface area (Å²) in [6.07, 6.45) is 0. The maximum Gasteiger partial charge on any atom is 0.207 e. The molecule has 2 unspecified atom stereocenters. The van der Waals surface area contributed by atoms with Gasteiger partial charge in [0.25, 0.3) is 0 Å². The molecular formula is C23H28Cl2N10. The molecule has 0 aliphatic carbocycles. The van der Waals surface area contributed by atoms with Crippen LogP contribution < -0.4 is 31.9 Å². The van der Waals surface area contributed by atoms with Gasteiger partial charge in [0.15, 0.2) is 11.9 Å². The van der Waals surface area contributed by atoms with Crippen molar-refractivity contribution >= 4 is 58.4 Å². The van der Waals surface area contributed by atoms with Crippen LogP contribution >= 0.6 is 23.2 Å². The van der Waals surface area contributed by atoms with Gasteiger partial charge in [-0.05, 0) is 62.4 Å². The Bertz CT molecular complexity index is 1140. The van der Waals surface area contributed by atoms with Gasteiger partial charge in [-0.25, -0.2) is 9.98 Å². The lowest BCUT2D eigenvalue weighted by atomic mass is 10.3. The smallest absolute Gasteiger partial charge is 0.207 e. The molecule has 0 spiro atoms. The lowest BCUT2D eigenvalue weighted by Crippen LogP contribution is -2.53. The van der Waals surface area contributed by atoms with Crippen LogP contribution in [0.4, 0.5) is 11.4 Å². The predicted molar refractivity (Wildman–Crippen MR) is 146 cm³/mol. The van der Waals surface area contributed by atoms with E-state index in [1.807, 2.05) is 67.3 Å². The molecule has 2 aliphatic heterocycles. The van der Waals surface area contributed by atoms with Gasteiger partial charge in [0, 0.05) is 21.4 Å². The highest BCUT2D eigenvalue weighted by Crippen LogP contribution is 2.19. The average Bonchev–Trinajstić information content (AvgIpc) is 3.11. The summed E-state index contributed by atoms with van der Waals surface area (Å²) in [5, 5.41) is 14.3. The van der Waals surface area contributed by atoms with Crippen molar-refractivity contribution in [3.63, 3.8) is 0 Å². The topological polar surface area (TPSA) is 127 Å². The van der Waals surface area contributed by atoms with Crippen molar-refractivity contribution < 1.29 is 0 Å². The van der Waals surface area contributed by atoms with E-state index in [1.165, 1.54) is 0 Å². The highest BCUT2D eigenvalue weighted by molar-refractivity contribution is 6.31. The van der Waals surface area contributed by atoms with Crippen LogP contribution in [0.3, 0.4) is 0 Å². The SMILES string of the molecule is CC1CN=C(NCN(C2=NC(C)CN=C(N)N2)c2ccc(Cl)cc2)NC(Nc2ccc(Cl)cc2)=N1. The molecule has 2 aromatic rings. The first-order valence-electron chi connectivity index (χ1n) is 11.2. The average molecular weight is 515 g/mol.